The third kappa shape index (κ3) is 7.04. The van der Waals surface area contributed by atoms with Crippen molar-refractivity contribution >= 4 is 18.3 Å². The van der Waals surface area contributed by atoms with E-state index in [0.717, 1.165) is 13.0 Å². The van der Waals surface area contributed by atoms with Crippen molar-refractivity contribution in [1.82, 2.24) is 10.6 Å². The Bertz CT molecular complexity index is 447. The van der Waals surface area contributed by atoms with Crippen molar-refractivity contribution < 1.29 is 18.3 Å². The van der Waals surface area contributed by atoms with Crippen LogP contribution in [0.4, 0.5) is 8.78 Å². The number of hydrogen-bond acceptors (Lipinski definition) is 3. The lowest BCUT2D eigenvalue weighted by Gasteiger charge is -2.20. The van der Waals surface area contributed by atoms with Crippen molar-refractivity contribution in [2.75, 3.05) is 13.6 Å². The second-order valence-electron chi connectivity index (χ2n) is 4.65. The molecule has 0 heterocycles. The molecule has 1 atom stereocenters. The maximum absolute atomic E-state index is 12.4. The molecule has 22 heavy (non-hydrogen) atoms. The fraction of sp³-hybridized carbons (Fsp3) is 0.533. The van der Waals surface area contributed by atoms with Crippen LogP contribution in [0.3, 0.4) is 0 Å². The van der Waals surface area contributed by atoms with E-state index in [9.17, 15) is 13.6 Å². The number of ether oxygens (including phenoxy) is 1. The molecule has 1 aromatic carbocycles. The van der Waals surface area contributed by atoms with Gasteiger partial charge in [-0.25, -0.2) is 0 Å². The van der Waals surface area contributed by atoms with E-state index in [1.807, 2.05) is 14.0 Å². The zero-order valence-corrected chi connectivity index (χ0v) is 13.6. The number of halogens is 3. The van der Waals surface area contributed by atoms with Gasteiger partial charge < -0.3 is 15.4 Å². The number of benzene rings is 1. The molecule has 7 heteroatoms. The van der Waals surface area contributed by atoms with Crippen LogP contribution in [0, 0.1) is 0 Å². The summed E-state index contributed by atoms with van der Waals surface area (Å²) in [5, 5.41) is 5.83. The second kappa shape index (κ2) is 11.2. The van der Waals surface area contributed by atoms with Crippen LogP contribution in [-0.4, -0.2) is 26.1 Å². The Labute approximate surface area is 136 Å². The molecule has 0 bridgehead atoms. The van der Waals surface area contributed by atoms with Crippen LogP contribution in [0.15, 0.2) is 24.3 Å². The lowest BCUT2D eigenvalue weighted by atomic mass is 10.0. The van der Waals surface area contributed by atoms with Crippen molar-refractivity contribution in [3.8, 4) is 5.75 Å². The minimum absolute atomic E-state index is 0. The lowest BCUT2D eigenvalue weighted by molar-refractivity contribution is -0.122. The van der Waals surface area contributed by atoms with E-state index in [4.69, 9.17) is 0 Å². The molecule has 0 aliphatic carbocycles. The third-order valence-corrected chi connectivity index (χ3v) is 3.08. The van der Waals surface area contributed by atoms with Crippen LogP contribution in [0.1, 0.15) is 37.8 Å². The van der Waals surface area contributed by atoms with Crippen LogP contribution in [0.25, 0.3) is 0 Å². The SMILES string of the molecule is CCC(NC(=O)CCCNC)c1ccccc1OC(F)F.Cl. The Morgan fingerprint density at radius 3 is 2.59 bits per heavy atom. The molecule has 0 saturated heterocycles. The molecule has 126 valence electrons. The van der Waals surface area contributed by atoms with Crippen molar-refractivity contribution in [1.29, 1.82) is 0 Å². The van der Waals surface area contributed by atoms with Crippen LogP contribution in [-0.2, 0) is 4.79 Å². The number of para-hydroxylation sites is 1. The summed E-state index contributed by atoms with van der Waals surface area (Å²) in [4.78, 5) is 11.9. The quantitative estimate of drug-likeness (QED) is 0.680. The normalized spacial score (nSPS) is 11.7. The van der Waals surface area contributed by atoms with E-state index in [-0.39, 0.29) is 30.1 Å². The van der Waals surface area contributed by atoms with E-state index >= 15 is 0 Å². The highest BCUT2D eigenvalue weighted by Gasteiger charge is 2.18. The summed E-state index contributed by atoms with van der Waals surface area (Å²) < 4.78 is 29.4. The maximum Gasteiger partial charge on any atom is 0.387 e. The molecule has 2 N–H and O–H groups in total. The minimum Gasteiger partial charge on any atom is -0.434 e. The number of carbonyl (C=O) groups is 1. The molecule has 4 nitrogen and oxygen atoms in total. The van der Waals surface area contributed by atoms with Crippen molar-refractivity contribution in [3.05, 3.63) is 29.8 Å². The van der Waals surface area contributed by atoms with Gasteiger partial charge in [0.2, 0.25) is 5.91 Å². The molecular weight excluding hydrogens is 314 g/mol. The molecule has 0 saturated carbocycles. The smallest absolute Gasteiger partial charge is 0.387 e. The largest absolute Gasteiger partial charge is 0.434 e. The standard InChI is InChI=1S/C15H22F2N2O2.ClH/c1-3-12(19-14(20)9-6-10-18-2)11-7-4-5-8-13(11)21-15(16)17;/h4-5,7-8,12,15,18H,3,6,9-10H2,1-2H3,(H,19,20);1H. The molecular formula is C15H23ClF2N2O2. The predicted molar refractivity (Wildman–Crippen MR) is 84.7 cm³/mol. The van der Waals surface area contributed by atoms with Gasteiger partial charge in [-0.2, -0.15) is 8.78 Å². The summed E-state index contributed by atoms with van der Waals surface area (Å²) in [5.41, 5.74) is 0.572. The number of amides is 1. The Kier molecular flexibility index (Phi) is 10.5. The van der Waals surface area contributed by atoms with Crippen LogP contribution in [0.5, 0.6) is 5.75 Å². The Morgan fingerprint density at radius 2 is 2.00 bits per heavy atom. The summed E-state index contributed by atoms with van der Waals surface area (Å²) in [6.45, 7) is -0.234. The van der Waals surface area contributed by atoms with Crippen LogP contribution < -0.4 is 15.4 Å². The molecule has 1 amide bonds. The fourth-order valence-corrected chi connectivity index (χ4v) is 2.06. The van der Waals surface area contributed by atoms with E-state index in [0.29, 0.717) is 18.4 Å². The van der Waals surface area contributed by atoms with Gasteiger partial charge in [-0.1, -0.05) is 25.1 Å². The molecule has 0 fully saturated rings. The topological polar surface area (TPSA) is 50.4 Å². The average Bonchev–Trinajstić information content (AvgIpc) is 2.45. The van der Waals surface area contributed by atoms with Crippen LogP contribution >= 0.6 is 12.4 Å². The molecule has 0 spiro atoms. The van der Waals surface area contributed by atoms with Gasteiger partial charge in [-0.3, -0.25) is 4.79 Å². The zero-order chi connectivity index (χ0) is 15.7. The fourth-order valence-electron chi connectivity index (χ4n) is 2.06. The highest BCUT2D eigenvalue weighted by molar-refractivity contribution is 5.85. The van der Waals surface area contributed by atoms with Gasteiger partial charge in [0.15, 0.2) is 0 Å². The van der Waals surface area contributed by atoms with E-state index in [1.165, 1.54) is 6.07 Å². The number of carbonyl (C=O) groups excluding carboxylic acids is 1. The first kappa shape index (κ1) is 20.6. The van der Waals surface area contributed by atoms with Gasteiger partial charge in [0.05, 0.1) is 6.04 Å². The van der Waals surface area contributed by atoms with E-state index in [1.54, 1.807) is 18.2 Å². The molecule has 1 unspecified atom stereocenters. The van der Waals surface area contributed by atoms with E-state index < -0.39 is 6.61 Å². The predicted octanol–water partition coefficient (Wildman–Crippen LogP) is 3.28. The summed E-state index contributed by atoms with van der Waals surface area (Å²) in [6, 6.07) is 6.21. The first-order valence-electron chi connectivity index (χ1n) is 7.06. The Morgan fingerprint density at radius 1 is 1.32 bits per heavy atom. The summed E-state index contributed by atoms with van der Waals surface area (Å²) in [7, 11) is 1.82. The number of rotatable bonds is 9. The lowest BCUT2D eigenvalue weighted by Crippen LogP contribution is -2.29. The van der Waals surface area contributed by atoms with Gasteiger partial charge in [0.1, 0.15) is 5.75 Å². The number of nitrogens with one attached hydrogen (secondary N) is 2. The first-order chi connectivity index (χ1) is 10.1. The summed E-state index contributed by atoms with van der Waals surface area (Å²) >= 11 is 0. The second-order valence-corrected chi connectivity index (χ2v) is 4.65. The Hall–Kier alpha value is -1.40. The monoisotopic (exact) mass is 336 g/mol. The van der Waals surface area contributed by atoms with Gasteiger partial charge in [-0.05, 0) is 32.5 Å². The van der Waals surface area contributed by atoms with Gasteiger partial charge >= 0.3 is 6.61 Å². The molecule has 0 aliphatic heterocycles. The third-order valence-electron chi connectivity index (χ3n) is 3.08. The summed E-state index contributed by atoms with van der Waals surface area (Å²) in [6.07, 6.45) is 1.73. The first-order valence-corrected chi connectivity index (χ1v) is 7.06. The van der Waals surface area contributed by atoms with Gasteiger partial charge in [-0.15, -0.1) is 12.4 Å². The molecule has 1 rings (SSSR count). The molecule has 0 aliphatic rings. The molecule has 0 aromatic heterocycles. The molecule has 1 aromatic rings. The summed E-state index contributed by atoms with van der Waals surface area (Å²) in [5.74, 6) is 0.0128. The minimum atomic E-state index is -2.88. The highest BCUT2D eigenvalue weighted by atomic mass is 35.5. The van der Waals surface area contributed by atoms with Crippen LogP contribution in [0.2, 0.25) is 0 Å². The van der Waals surface area contributed by atoms with Gasteiger partial charge in [0.25, 0.3) is 0 Å². The van der Waals surface area contributed by atoms with Crippen molar-refractivity contribution in [2.24, 2.45) is 0 Å². The highest BCUT2D eigenvalue weighted by Crippen LogP contribution is 2.28. The van der Waals surface area contributed by atoms with Crippen molar-refractivity contribution in [3.63, 3.8) is 0 Å². The Balaban J connectivity index is 0.00000441. The average molecular weight is 337 g/mol. The van der Waals surface area contributed by atoms with E-state index in [2.05, 4.69) is 15.4 Å². The zero-order valence-electron chi connectivity index (χ0n) is 12.8. The molecule has 0 radical (unpaired) electrons. The maximum atomic E-state index is 12.4. The number of alkyl halides is 2. The number of hydrogen-bond donors (Lipinski definition) is 2. The van der Waals surface area contributed by atoms with Gasteiger partial charge in [0, 0.05) is 12.0 Å². The van der Waals surface area contributed by atoms with Crippen molar-refractivity contribution in [2.45, 2.75) is 38.8 Å².